The molecule has 1 aliphatic carbocycles. The summed E-state index contributed by atoms with van der Waals surface area (Å²) < 4.78 is 0. The molecule has 1 aliphatic heterocycles. The Morgan fingerprint density at radius 2 is 2.10 bits per heavy atom. The van der Waals surface area contributed by atoms with Gasteiger partial charge in [0, 0.05) is 26.2 Å². The summed E-state index contributed by atoms with van der Waals surface area (Å²) in [5.74, 6) is 1.30. The van der Waals surface area contributed by atoms with Gasteiger partial charge in [-0.05, 0) is 49.5 Å². The monoisotopic (exact) mass is 296 g/mol. The first-order chi connectivity index (χ1) is 10.0. The summed E-state index contributed by atoms with van der Waals surface area (Å²) in [7, 11) is 0. The standard InChI is InChI=1S/C18H36N2O/c1-4-9-19-13-18(8-5-6-15(2)11-18)14-20-10-7-17(21)16(3)12-20/h15-17,19,21H,4-14H2,1-3H3. The lowest BCUT2D eigenvalue weighted by molar-refractivity contribution is 0.00352. The zero-order chi connectivity index (χ0) is 15.3. The molecule has 2 N–H and O–H groups in total. The third-order valence-corrected chi connectivity index (χ3v) is 5.62. The van der Waals surface area contributed by atoms with Crippen LogP contribution in [0.1, 0.15) is 59.3 Å². The van der Waals surface area contributed by atoms with Gasteiger partial charge in [-0.15, -0.1) is 0 Å². The topological polar surface area (TPSA) is 35.5 Å². The molecule has 3 nitrogen and oxygen atoms in total. The SMILES string of the molecule is CCCNCC1(CN2CCC(O)C(C)C2)CCCC(C)C1. The van der Waals surface area contributed by atoms with E-state index in [2.05, 4.69) is 31.0 Å². The molecule has 3 heteroatoms. The van der Waals surface area contributed by atoms with Crippen molar-refractivity contribution in [2.45, 2.75) is 65.4 Å². The first-order valence-electron chi connectivity index (χ1n) is 9.16. The van der Waals surface area contributed by atoms with Crippen molar-refractivity contribution in [3.8, 4) is 0 Å². The van der Waals surface area contributed by atoms with Crippen LogP contribution in [-0.4, -0.2) is 48.8 Å². The number of aliphatic hydroxyl groups excluding tert-OH is 1. The smallest absolute Gasteiger partial charge is 0.0590 e. The maximum Gasteiger partial charge on any atom is 0.0590 e. The first kappa shape index (κ1) is 17.2. The van der Waals surface area contributed by atoms with Gasteiger partial charge in [-0.2, -0.15) is 0 Å². The highest BCUT2D eigenvalue weighted by Gasteiger charge is 2.37. The van der Waals surface area contributed by atoms with E-state index in [-0.39, 0.29) is 6.10 Å². The summed E-state index contributed by atoms with van der Waals surface area (Å²) in [5.41, 5.74) is 0.467. The van der Waals surface area contributed by atoms with Crippen LogP contribution in [0.3, 0.4) is 0 Å². The maximum atomic E-state index is 9.94. The van der Waals surface area contributed by atoms with Gasteiger partial charge >= 0.3 is 0 Å². The molecule has 1 saturated heterocycles. The van der Waals surface area contributed by atoms with Crippen molar-refractivity contribution in [2.24, 2.45) is 17.3 Å². The molecule has 0 bridgehead atoms. The van der Waals surface area contributed by atoms with Crippen LogP contribution in [0.5, 0.6) is 0 Å². The van der Waals surface area contributed by atoms with E-state index < -0.39 is 0 Å². The van der Waals surface area contributed by atoms with E-state index in [4.69, 9.17) is 0 Å². The van der Waals surface area contributed by atoms with Gasteiger partial charge in [0.25, 0.3) is 0 Å². The van der Waals surface area contributed by atoms with Gasteiger partial charge in [-0.3, -0.25) is 0 Å². The summed E-state index contributed by atoms with van der Waals surface area (Å²) in [4.78, 5) is 2.63. The minimum atomic E-state index is -0.0827. The molecule has 1 heterocycles. The highest BCUT2D eigenvalue weighted by atomic mass is 16.3. The van der Waals surface area contributed by atoms with Crippen LogP contribution in [0, 0.1) is 17.3 Å². The second kappa shape index (κ2) is 7.94. The Hall–Kier alpha value is -0.120. The molecular formula is C18H36N2O. The van der Waals surface area contributed by atoms with Crippen molar-refractivity contribution in [2.75, 3.05) is 32.7 Å². The van der Waals surface area contributed by atoms with Crippen molar-refractivity contribution < 1.29 is 5.11 Å². The third-order valence-electron chi connectivity index (χ3n) is 5.62. The molecule has 2 fully saturated rings. The van der Waals surface area contributed by atoms with E-state index in [1.54, 1.807) is 0 Å². The first-order valence-corrected chi connectivity index (χ1v) is 9.16. The molecule has 0 aromatic rings. The predicted molar refractivity (Wildman–Crippen MR) is 89.5 cm³/mol. The molecular weight excluding hydrogens is 260 g/mol. The van der Waals surface area contributed by atoms with Crippen LogP contribution in [0.25, 0.3) is 0 Å². The van der Waals surface area contributed by atoms with Crippen LogP contribution in [0.2, 0.25) is 0 Å². The number of nitrogens with one attached hydrogen (secondary N) is 1. The summed E-state index contributed by atoms with van der Waals surface area (Å²) in [6, 6.07) is 0. The lowest BCUT2D eigenvalue weighted by Crippen LogP contribution is -2.51. The average Bonchev–Trinajstić information content (AvgIpc) is 2.43. The molecule has 2 rings (SSSR count). The minimum absolute atomic E-state index is 0.0827. The van der Waals surface area contributed by atoms with E-state index in [0.717, 1.165) is 32.0 Å². The van der Waals surface area contributed by atoms with Crippen molar-refractivity contribution in [3.63, 3.8) is 0 Å². The van der Waals surface area contributed by atoms with Gasteiger partial charge in [0.15, 0.2) is 0 Å². The number of rotatable bonds is 6. The van der Waals surface area contributed by atoms with Gasteiger partial charge < -0.3 is 15.3 Å². The van der Waals surface area contributed by atoms with E-state index in [1.807, 2.05) is 0 Å². The van der Waals surface area contributed by atoms with Crippen LogP contribution >= 0.6 is 0 Å². The van der Waals surface area contributed by atoms with Crippen molar-refractivity contribution in [3.05, 3.63) is 0 Å². The fourth-order valence-corrected chi connectivity index (χ4v) is 4.50. The van der Waals surface area contributed by atoms with Gasteiger partial charge in [-0.1, -0.05) is 33.6 Å². The van der Waals surface area contributed by atoms with Gasteiger partial charge in [0.2, 0.25) is 0 Å². The van der Waals surface area contributed by atoms with E-state index >= 15 is 0 Å². The van der Waals surface area contributed by atoms with E-state index in [0.29, 0.717) is 11.3 Å². The lowest BCUT2D eigenvalue weighted by Gasteiger charge is -2.46. The van der Waals surface area contributed by atoms with Crippen molar-refractivity contribution >= 4 is 0 Å². The van der Waals surface area contributed by atoms with E-state index in [9.17, 15) is 5.11 Å². The molecule has 0 spiro atoms. The zero-order valence-corrected chi connectivity index (χ0v) is 14.4. The average molecular weight is 296 g/mol. The summed E-state index contributed by atoms with van der Waals surface area (Å²) >= 11 is 0. The second-order valence-electron chi connectivity index (χ2n) is 7.95. The molecule has 0 aromatic heterocycles. The van der Waals surface area contributed by atoms with Crippen molar-refractivity contribution in [1.82, 2.24) is 10.2 Å². The number of piperidine rings is 1. The summed E-state index contributed by atoms with van der Waals surface area (Å²) in [6.07, 6.45) is 7.64. The lowest BCUT2D eigenvalue weighted by atomic mass is 9.69. The van der Waals surface area contributed by atoms with Crippen LogP contribution in [0.4, 0.5) is 0 Å². The minimum Gasteiger partial charge on any atom is -0.393 e. The Balaban J connectivity index is 1.94. The number of likely N-dealkylation sites (tertiary alicyclic amines) is 1. The number of hydrogen-bond donors (Lipinski definition) is 2. The van der Waals surface area contributed by atoms with Gasteiger partial charge in [-0.25, -0.2) is 0 Å². The molecule has 1 saturated carbocycles. The largest absolute Gasteiger partial charge is 0.393 e. The number of aliphatic hydroxyl groups is 1. The third kappa shape index (κ3) is 4.94. The Morgan fingerprint density at radius 1 is 1.29 bits per heavy atom. The molecule has 4 atom stereocenters. The van der Waals surface area contributed by atoms with Gasteiger partial charge in [0.1, 0.15) is 0 Å². The molecule has 0 amide bonds. The zero-order valence-electron chi connectivity index (χ0n) is 14.4. The summed E-state index contributed by atoms with van der Waals surface area (Å²) in [6.45, 7) is 12.6. The van der Waals surface area contributed by atoms with E-state index in [1.165, 1.54) is 45.2 Å². The van der Waals surface area contributed by atoms with Crippen LogP contribution < -0.4 is 5.32 Å². The van der Waals surface area contributed by atoms with Crippen LogP contribution in [0.15, 0.2) is 0 Å². The number of nitrogens with zero attached hydrogens (tertiary/aromatic N) is 1. The quantitative estimate of drug-likeness (QED) is 0.740. The second-order valence-corrected chi connectivity index (χ2v) is 7.95. The normalized spacial score (nSPS) is 38.6. The van der Waals surface area contributed by atoms with Crippen LogP contribution in [-0.2, 0) is 0 Å². The summed E-state index contributed by atoms with van der Waals surface area (Å²) in [5, 5.41) is 13.6. The highest BCUT2D eigenvalue weighted by Crippen LogP contribution is 2.40. The highest BCUT2D eigenvalue weighted by molar-refractivity contribution is 4.91. The molecule has 0 aromatic carbocycles. The van der Waals surface area contributed by atoms with Gasteiger partial charge in [0.05, 0.1) is 6.10 Å². The Bertz CT molecular complexity index is 310. The Morgan fingerprint density at radius 3 is 2.76 bits per heavy atom. The maximum absolute atomic E-state index is 9.94. The molecule has 124 valence electrons. The molecule has 21 heavy (non-hydrogen) atoms. The Labute approximate surface area is 131 Å². The predicted octanol–water partition coefficient (Wildman–Crippen LogP) is 2.89. The van der Waals surface area contributed by atoms with Crippen molar-refractivity contribution in [1.29, 1.82) is 0 Å². The Kier molecular flexibility index (Phi) is 6.51. The number of hydrogen-bond acceptors (Lipinski definition) is 3. The fourth-order valence-electron chi connectivity index (χ4n) is 4.50. The molecule has 2 aliphatic rings. The fraction of sp³-hybridized carbons (Fsp3) is 1.00. The molecule has 4 unspecified atom stereocenters. The molecule has 0 radical (unpaired) electrons.